The minimum Gasteiger partial charge on any atom is -0.294 e. The van der Waals surface area contributed by atoms with Gasteiger partial charge in [0.2, 0.25) is 0 Å². The van der Waals surface area contributed by atoms with E-state index in [1.54, 1.807) is 24.3 Å². The maximum atomic E-state index is 12.4. The Hall–Kier alpha value is -1.02. The summed E-state index contributed by atoms with van der Waals surface area (Å²) in [6, 6.07) is 12.6. The highest BCUT2D eigenvalue weighted by molar-refractivity contribution is 6.36. The average molecular weight is 354 g/mol. The Balaban J connectivity index is 1.74. The molecule has 2 atom stereocenters. The van der Waals surface area contributed by atoms with Gasteiger partial charge < -0.3 is 0 Å². The summed E-state index contributed by atoms with van der Waals surface area (Å²) in [5, 5.41) is 2.03. The molecule has 0 bridgehead atoms. The maximum absolute atomic E-state index is 12.4. The van der Waals surface area contributed by atoms with Crippen molar-refractivity contribution in [2.45, 2.75) is 25.2 Å². The van der Waals surface area contributed by atoms with Crippen molar-refractivity contribution in [1.29, 1.82) is 0 Å². The molecular weight excluding hydrogens is 339 g/mol. The van der Waals surface area contributed by atoms with Crippen molar-refractivity contribution in [3.63, 3.8) is 0 Å². The smallest absolute Gasteiger partial charge is 0.163 e. The van der Waals surface area contributed by atoms with Crippen LogP contribution in [0.1, 0.15) is 41.1 Å². The van der Waals surface area contributed by atoms with Crippen LogP contribution in [0.3, 0.4) is 0 Å². The molecule has 1 saturated carbocycles. The summed E-state index contributed by atoms with van der Waals surface area (Å²) in [7, 11) is 0. The minimum atomic E-state index is 0.148. The largest absolute Gasteiger partial charge is 0.294 e. The van der Waals surface area contributed by atoms with Gasteiger partial charge in [0.15, 0.2) is 5.78 Å². The number of halogens is 3. The van der Waals surface area contributed by atoms with Gasteiger partial charge in [-0.25, -0.2) is 0 Å². The van der Waals surface area contributed by atoms with Crippen LogP contribution in [0, 0.1) is 5.92 Å². The second-order valence-electron chi connectivity index (χ2n) is 5.71. The topological polar surface area (TPSA) is 17.1 Å². The van der Waals surface area contributed by atoms with Gasteiger partial charge in [-0.3, -0.25) is 4.79 Å². The van der Waals surface area contributed by atoms with Crippen LogP contribution in [0.25, 0.3) is 0 Å². The van der Waals surface area contributed by atoms with Crippen molar-refractivity contribution in [1.82, 2.24) is 0 Å². The molecule has 2 aromatic rings. The van der Waals surface area contributed by atoms with Crippen LogP contribution in [0.2, 0.25) is 15.1 Å². The minimum absolute atomic E-state index is 0.148. The highest BCUT2D eigenvalue weighted by Crippen LogP contribution is 2.49. The number of ketones is 1. The Kier molecular flexibility index (Phi) is 4.77. The molecule has 4 heteroatoms. The zero-order valence-corrected chi connectivity index (χ0v) is 14.1. The lowest BCUT2D eigenvalue weighted by atomic mass is 9.67. The first kappa shape index (κ1) is 15.9. The summed E-state index contributed by atoms with van der Waals surface area (Å²) in [5.74, 6) is 0.729. The third kappa shape index (κ3) is 3.17. The van der Waals surface area contributed by atoms with E-state index >= 15 is 0 Å². The van der Waals surface area contributed by atoms with Crippen LogP contribution in [0.4, 0.5) is 0 Å². The number of hydrogen-bond acceptors (Lipinski definition) is 1. The normalized spacial score (nSPS) is 20.5. The molecule has 114 valence electrons. The van der Waals surface area contributed by atoms with E-state index in [2.05, 4.69) is 0 Å². The summed E-state index contributed by atoms with van der Waals surface area (Å²) in [6.45, 7) is 0. The SMILES string of the molecule is O=C(C[C@@H]1CC[C@@H]1c1c(Cl)cccc1Cl)c1ccc(Cl)cc1. The molecule has 1 aliphatic rings. The van der Waals surface area contributed by atoms with Crippen LogP contribution < -0.4 is 0 Å². The molecule has 0 heterocycles. The van der Waals surface area contributed by atoms with Crippen molar-refractivity contribution < 1.29 is 4.79 Å². The highest BCUT2D eigenvalue weighted by Gasteiger charge is 2.36. The quantitative estimate of drug-likeness (QED) is 0.580. The van der Waals surface area contributed by atoms with Crippen LogP contribution in [-0.2, 0) is 0 Å². The fourth-order valence-corrected chi connectivity index (χ4v) is 3.85. The van der Waals surface area contributed by atoms with Crippen molar-refractivity contribution in [2.24, 2.45) is 5.92 Å². The fourth-order valence-electron chi connectivity index (χ4n) is 3.05. The van der Waals surface area contributed by atoms with E-state index in [4.69, 9.17) is 34.8 Å². The lowest BCUT2D eigenvalue weighted by Crippen LogP contribution is -2.27. The van der Waals surface area contributed by atoms with Gasteiger partial charge in [-0.1, -0.05) is 40.9 Å². The summed E-state index contributed by atoms with van der Waals surface area (Å²) in [5.41, 5.74) is 1.70. The zero-order chi connectivity index (χ0) is 15.7. The van der Waals surface area contributed by atoms with E-state index in [1.807, 2.05) is 18.2 Å². The molecule has 0 aromatic heterocycles. The molecule has 3 rings (SSSR count). The van der Waals surface area contributed by atoms with E-state index in [0.717, 1.165) is 18.4 Å². The second kappa shape index (κ2) is 6.62. The Morgan fingerprint density at radius 3 is 2.14 bits per heavy atom. The molecule has 0 spiro atoms. The summed E-state index contributed by atoms with van der Waals surface area (Å²) in [6.07, 6.45) is 2.58. The predicted molar refractivity (Wildman–Crippen MR) is 92.3 cm³/mol. The first-order valence-electron chi connectivity index (χ1n) is 7.29. The highest BCUT2D eigenvalue weighted by atomic mass is 35.5. The Morgan fingerprint density at radius 1 is 0.955 bits per heavy atom. The van der Waals surface area contributed by atoms with E-state index in [0.29, 0.717) is 33.0 Å². The molecule has 1 aliphatic carbocycles. The van der Waals surface area contributed by atoms with Crippen molar-refractivity contribution >= 4 is 40.6 Å². The van der Waals surface area contributed by atoms with Gasteiger partial charge in [0.05, 0.1) is 0 Å². The lowest BCUT2D eigenvalue weighted by Gasteiger charge is -2.37. The van der Waals surface area contributed by atoms with Gasteiger partial charge in [-0.05, 0) is 66.6 Å². The molecule has 22 heavy (non-hydrogen) atoms. The predicted octanol–water partition coefficient (Wildman–Crippen LogP) is 6.41. The monoisotopic (exact) mass is 352 g/mol. The van der Waals surface area contributed by atoms with Crippen LogP contribution in [-0.4, -0.2) is 5.78 Å². The number of hydrogen-bond donors (Lipinski definition) is 0. The lowest BCUT2D eigenvalue weighted by molar-refractivity contribution is 0.0919. The third-order valence-corrected chi connectivity index (χ3v) is 5.31. The molecule has 0 saturated heterocycles. The van der Waals surface area contributed by atoms with Crippen LogP contribution >= 0.6 is 34.8 Å². The Labute approximate surface area is 145 Å². The standard InChI is InChI=1S/C18H15Cl3O/c19-13-7-4-11(5-8-13)17(22)10-12-6-9-14(12)18-15(20)2-1-3-16(18)21/h1-5,7-8,12,14H,6,9-10H2/t12-,14-/m0/s1. The first-order valence-corrected chi connectivity index (χ1v) is 8.42. The van der Waals surface area contributed by atoms with E-state index in [1.165, 1.54) is 0 Å². The van der Waals surface area contributed by atoms with Crippen molar-refractivity contribution in [2.75, 3.05) is 0 Å². The number of carbonyl (C=O) groups is 1. The Morgan fingerprint density at radius 2 is 1.59 bits per heavy atom. The van der Waals surface area contributed by atoms with Gasteiger partial charge in [0, 0.05) is 27.1 Å². The van der Waals surface area contributed by atoms with E-state index < -0.39 is 0 Å². The third-order valence-electron chi connectivity index (χ3n) is 4.40. The average Bonchev–Trinajstić information content (AvgIpc) is 2.48. The van der Waals surface area contributed by atoms with Crippen molar-refractivity contribution in [3.05, 3.63) is 68.7 Å². The van der Waals surface area contributed by atoms with Gasteiger partial charge in [-0.2, -0.15) is 0 Å². The molecule has 0 radical (unpaired) electrons. The number of benzene rings is 2. The molecule has 0 amide bonds. The van der Waals surface area contributed by atoms with E-state index in [-0.39, 0.29) is 11.7 Å². The molecule has 0 unspecified atom stereocenters. The number of rotatable bonds is 4. The van der Waals surface area contributed by atoms with Gasteiger partial charge in [-0.15, -0.1) is 0 Å². The van der Waals surface area contributed by atoms with Gasteiger partial charge in [0.25, 0.3) is 0 Å². The zero-order valence-electron chi connectivity index (χ0n) is 11.9. The molecule has 0 N–H and O–H groups in total. The fraction of sp³-hybridized carbons (Fsp3) is 0.278. The molecule has 1 fully saturated rings. The molecule has 1 nitrogen and oxygen atoms in total. The molecular formula is C18H15Cl3O. The molecule has 2 aromatic carbocycles. The first-order chi connectivity index (χ1) is 10.6. The van der Waals surface area contributed by atoms with Crippen LogP contribution in [0.5, 0.6) is 0 Å². The molecule has 0 aliphatic heterocycles. The van der Waals surface area contributed by atoms with Crippen LogP contribution in [0.15, 0.2) is 42.5 Å². The number of Topliss-reactive ketones (excluding diaryl/α,β-unsaturated/α-hetero) is 1. The van der Waals surface area contributed by atoms with Crippen molar-refractivity contribution in [3.8, 4) is 0 Å². The Bertz CT molecular complexity index is 674. The number of carbonyl (C=O) groups excluding carboxylic acids is 1. The summed E-state index contributed by atoms with van der Waals surface area (Å²) in [4.78, 5) is 12.4. The summed E-state index contributed by atoms with van der Waals surface area (Å²) >= 11 is 18.4. The second-order valence-corrected chi connectivity index (χ2v) is 6.96. The van der Waals surface area contributed by atoms with Gasteiger partial charge >= 0.3 is 0 Å². The van der Waals surface area contributed by atoms with Gasteiger partial charge in [0.1, 0.15) is 0 Å². The van der Waals surface area contributed by atoms with E-state index in [9.17, 15) is 4.79 Å². The summed E-state index contributed by atoms with van der Waals surface area (Å²) < 4.78 is 0. The maximum Gasteiger partial charge on any atom is 0.163 e.